The lowest BCUT2D eigenvalue weighted by atomic mass is 9.86. The quantitative estimate of drug-likeness (QED) is 0.477. The lowest BCUT2D eigenvalue weighted by molar-refractivity contribution is 0.335. The predicted octanol–water partition coefficient (Wildman–Crippen LogP) is 4.37. The van der Waals surface area contributed by atoms with Gasteiger partial charge in [0.05, 0.1) is 22.5 Å². The highest BCUT2D eigenvalue weighted by atomic mass is 19.1. The first-order valence-electron chi connectivity index (χ1n) is 11.2. The highest BCUT2D eigenvalue weighted by molar-refractivity contribution is 5.81. The number of aryl methyl sites for hydroxylation is 1. The number of nitrogens with two attached hydrogens (primary N) is 1. The van der Waals surface area contributed by atoms with E-state index in [2.05, 4.69) is 10.4 Å². The lowest BCUT2D eigenvalue weighted by Gasteiger charge is -2.26. The number of fused-ring (bicyclic) bond motifs is 1. The van der Waals surface area contributed by atoms with Crippen LogP contribution < -0.4 is 11.1 Å². The smallest absolute Gasteiger partial charge is 0.149 e. The monoisotopic (exact) mass is 443 g/mol. The molecule has 0 bridgehead atoms. The Morgan fingerprint density at radius 1 is 1.18 bits per heavy atom. The Morgan fingerprint density at radius 3 is 2.85 bits per heavy atom. The van der Waals surface area contributed by atoms with E-state index >= 15 is 0 Å². The van der Waals surface area contributed by atoms with Gasteiger partial charge in [-0.1, -0.05) is 12.5 Å². The zero-order chi connectivity index (χ0) is 22.9. The number of nitrogens with one attached hydrogen (secondary N) is 1. The average molecular weight is 444 g/mol. The summed E-state index contributed by atoms with van der Waals surface area (Å²) < 4.78 is 18.0. The number of anilines is 1. The van der Waals surface area contributed by atoms with Crippen molar-refractivity contribution >= 4 is 16.7 Å². The van der Waals surface area contributed by atoms with E-state index < -0.39 is 5.82 Å². The summed E-state index contributed by atoms with van der Waals surface area (Å²) in [4.78, 5) is 0. The van der Waals surface area contributed by atoms with E-state index in [9.17, 15) is 4.39 Å². The van der Waals surface area contributed by atoms with E-state index in [1.165, 1.54) is 12.1 Å². The van der Waals surface area contributed by atoms with Crippen LogP contribution in [-0.4, -0.2) is 32.1 Å². The highest BCUT2D eigenvalue weighted by Crippen LogP contribution is 2.30. The molecule has 168 valence electrons. The maximum Gasteiger partial charge on any atom is 0.149 e. The van der Waals surface area contributed by atoms with Crippen molar-refractivity contribution in [3.05, 3.63) is 60.0 Å². The molecule has 4 aromatic rings. The van der Waals surface area contributed by atoms with E-state index in [0.717, 1.165) is 60.3 Å². The Balaban J connectivity index is 1.52. The van der Waals surface area contributed by atoms with Gasteiger partial charge in [0.1, 0.15) is 17.7 Å². The van der Waals surface area contributed by atoms with Crippen molar-refractivity contribution < 1.29 is 4.39 Å². The normalized spacial score (nSPS) is 18.4. The first kappa shape index (κ1) is 21.2. The molecule has 0 radical (unpaired) electrons. The van der Waals surface area contributed by atoms with Gasteiger partial charge in [-0.2, -0.15) is 10.4 Å². The van der Waals surface area contributed by atoms with Crippen molar-refractivity contribution in [1.82, 2.24) is 19.6 Å². The number of nitrogens with zero attached hydrogens (tertiary/aromatic N) is 5. The molecule has 33 heavy (non-hydrogen) atoms. The van der Waals surface area contributed by atoms with Crippen molar-refractivity contribution in [3.8, 4) is 23.0 Å². The number of nitriles is 1. The molecular formula is C25H26FN7. The van der Waals surface area contributed by atoms with Crippen molar-refractivity contribution in [2.45, 2.75) is 31.7 Å². The average Bonchev–Trinajstić information content (AvgIpc) is 3.40. The van der Waals surface area contributed by atoms with Crippen LogP contribution in [0.15, 0.2) is 48.7 Å². The molecule has 2 aromatic heterocycles. The Hall–Kier alpha value is -3.70. The van der Waals surface area contributed by atoms with Gasteiger partial charge in [0.2, 0.25) is 0 Å². The van der Waals surface area contributed by atoms with Crippen LogP contribution in [-0.2, 0) is 7.05 Å². The number of halogens is 1. The van der Waals surface area contributed by atoms with Crippen LogP contribution in [0.5, 0.6) is 0 Å². The maximum atomic E-state index is 14.4. The summed E-state index contributed by atoms with van der Waals surface area (Å²) in [6.45, 7) is 0.797. The van der Waals surface area contributed by atoms with Crippen LogP contribution >= 0.6 is 0 Å². The molecular weight excluding hydrogens is 417 g/mol. The summed E-state index contributed by atoms with van der Waals surface area (Å²) in [6.07, 6.45) is 6.38. The van der Waals surface area contributed by atoms with E-state index in [1.54, 1.807) is 15.4 Å². The van der Waals surface area contributed by atoms with Crippen LogP contribution in [0.25, 0.3) is 27.8 Å². The largest absolute Gasteiger partial charge is 0.368 e. The molecule has 5 rings (SSSR count). The lowest BCUT2D eigenvalue weighted by Crippen LogP contribution is -2.31. The number of aromatic nitrogens is 4. The Kier molecular flexibility index (Phi) is 5.56. The number of hydrogen-bond donors (Lipinski definition) is 2. The molecule has 2 atom stereocenters. The van der Waals surface area contributed by atoms with E-state index in [-0.39, 0.29) is 11.6 Å². The maximum absolute atomic E-state index is 14.4. The highest BCUT2D eigenvalue weighted by Gasteiger charge is 2.20. The molecule has 1 aliphatic carbocycles. The van der Waals surface area contributed by atoms with Crippen molar-refractivity contribution in [2.24, 2.45) is 18.7 Å². The minimum atomic E-state index is -0.548. The van der Waals surface area contributed by atoms with Gasteiger partial charge in [-0.05, 0) is 55.5 Å². The molecule has 3 N–H and O–H groups in total. The summed E-state index contributed by atoms with van der Waals surface area (Å²) in [6, 6.07) is 14.6. The van der Waals surface area contributed by atoms with E-state index in [4.69, 9.17) is 16.1 Å². The molecule has 2 aromatic carbocycles. The number of rotatable bonds is 5. The van der Waals surface area contributed by atoms with Crippen LogP contribution in [0.3, 0.4) is 0 Å². The van der Waals surface area contributed by atoms with Crippen LogP contribution in [0, 0.1) is 23.1 Å². The standard InChI is InChI=1S/C25H26FN7/c1-32-15-19-7-8-21(11-23(19)30-32)33-24(17-5-6-18(13-27)22(26)10-17)12-25(31-33)29-14-16-3-2-4-20(28)9-16/h5-8,10-12,15-16,20H,2-4,9,14,28H2,1H3,(H,29,31)/t16-,20-/m0/s1. The van der Waals surface area contributed by atoms with E-state index in [0.29, 0.717) is 11.5 Å². The SMILES string of the molecule is Cn1cc2ccc(-n3nc(NC[C@H]4CCC[C@H](N)C4)cc3-c3ccc(C#N)c(F)c3)cc2n1. The third kappa shape index (κ3) is 4.32. The van der Waals surface area contributed by atoms with Crippen molar-refractivity contribution in [1.29, 1.82) is 5.26 Å². The molecule has 0 saturated heterocycles. The van der Waals surface area contributed by atoms with Gasteiger partial charge in [0.15, 0.2) is 0 Å². The van der Waals surface area contributed by atoms with Crippen LogP contribution in [0.4, 0.5) is 10.2 Å². The van der Waals surface area contributed by atoms with Gasteiger partial charge in [0.25, 0.3) is 0 Å². The van der Waals surface area contributed by atoms with Crippen molar-refractivity contribution in [3.63, 3.8) is 0 Å². The zero-order valence-corrected chi connectivity index (χ0v) is 18.5. The van der Waals surface area contributed by atoms with Crippen molar-refractivity contribution in [2.75, 3.05) is 11.9 Å². The third-order valence-electron chi connectivity index (χ3n) is 6.34. The Bertz CT molecular complexity index is 1350. The second-order valence-corrected chi connectivity index (χ2v) is 8.85. The fourth-order valence-electron chi connectivity index (χ4n) is 4.66. The number of hydrogen-bond acceptors (Lipinski definition) is 5. The second-order valence-electron chi connectivity index (χ2n) is 8.85. The first-order chi connectivity index (χ1) is 16.0. The molecule has 2 heterocycles. The minimum absolute atomic E-state index is 0.0201. The van der Waals surface area contributed by atoms with Crippen LogP contribution in [0.2, 0.25) is 0 Å². The second kappa shape index (κ2) is 8.68. The fraction of sp³-hybridized carbons (Fsp3) is 0.320. The molecule has 0 amide bonds. The van der Waals surface area contributed by atoms with Gasteiger partial charge in [-0.15, -0.1) is 5.10 Å². The van der Waals surface area contributed by atoms with Gasteiger partial charge in [0, 0.05) is 42.8 Å². The van der Waals surface area contributed by atoms with Crippen LogP contribution in [0.1, 0.15) is 31.2 Å². The van der Waals surface area contributed by atoms with Gasteiger partial charge in [-0.3, -0.25) is 4.68 Å². The predicted molar refractivity (Wildman–Crippen MR) is 126 cm³/mol. The fourth-order valence-corrected chi connectivity index (χ4v) is 4.66. The first-order valence-corrected chi connectivity index (χ1v) is 11.2. The molecule has 0 aliphatic heterocycles. The molecule has 8 heteroatoms. The molecule has 0 unspecified atom stereocenters. The number of benzene rings is 2. The Morgan fingerprint density at radius 2 is 2.06 bits per heavy atom. The summed E-state index contributed by atoms with van der Waals surface area (Å²) >= 11 is 0. The van der Waals surface area contributed by atoms with Gasteiger partial charge in [-0.25, -0.2) is 9.07 Å². The summed E-state index contributed by atoms with van der Waals surface area (Å²) in [5, 5.41) is 22.9. The van der Waals surface area contributed by atoms with Gasteiger partial charge < -0.3 is 11.1 Å². The Labute approximate surface area is 191 Å². The topological polar surface area (TPSA) is 97.5 Å². The van der Waals surface area contributed by atoms with Gasteiger partial charge >= 0.3 is 0 Å². The third-order valence-corrected chi connectivity index (χ3v) is 6.34. The molecule has 1 fully saturated rings. The zero-order valence-electron chi connectivity index (χ0n) is 18.5. The summed E-state index contributed by atoms with van der Waals surface area (Å²) in [7, 11) is 1.89. The van der Waals surface area contributed by atoms with E-state index in [1.807, 2.05) is 43.6 Å². The molecule has 7 nitrogen and oxygen atoms in total. The summed E-state index contributed by atoms with van der Waals surface area (Å²) in [5.74, 6) is 0.684. The minimum Gasteiger partial charge on any atom is -0.368 e. The molecule has 0 spiro atoms. The summed E-state index contributed by atoms with van der Waals surface area (Å²) in [5.41, 5.74) is 9.23. The molecule has 1 aliphatic rings. The molecule has 1 saturated carbocycles.